The lowest BCUT2D eigenvalue weighted by Crippen LogP contribution is -2.71. The van der Waals surface area contributed by atoms with Gasteiger partial charge in [-0.1, -0.05) is 34.1 Å². The van der Waals surface area contributed by atoms with Gasteiger partial charge in [0.25, 0.3) is 0 Å². The summed E-state index contributed by atoms with van der Waals surface area (Å²) in [5, 5.41) is 2.97. The number of nitrogens with zero attached hydrogens (tertiary/aromatic N) is 1. The molecule has 1 aliphatic carbocycles. The fourth-order valence-electron chi connectivity index (χ4n) is 3.09. The Morgan fingerprint density at radius 1 is 1.30 bits per heavy atom. The molecule has 1 N–H and O–H groups in total. The van der Waals surface area contributed by atoms with Crippen LogP contribution in [-0.4, -0.2) is 34.8 Å². The van der Waals surface area contributed by atoms with Gasteiger partial charge in [-0.25, -0.2) is 0 Å². The van der Waals surface area contributed by atoms with Gasteiger partial charge in [-0.05, 0) is 37.5 Å². The number of carbonyl (C=O) groups is 2. The van der Waals surface area contributed by atoms with Crippen LogP contribution in [0.5, 0.6) is 0 Å². The first-order chi connectivity index (χ1) is 9.32. The van der Waals surface area contributed by atoms with Gasteiger partial charge in [0.2, 0.25) is 11.8 Å². The smallest absolute Gasteiger partial charge is 0.246 e. The molecule has 1 aliphatic heterocycles. The molecule has 4 heteroatoms. The van der Waals surface area contributed by atoms with Crippen LogP contribution in [0.2, 0.25) is 0 Å². The Labute approximate surface area is 122 Å². The molecule has 4 nitrogen and oxygen atoms in total. The third-order valence-electron chi connectivity index (χ3n) is 5.07. The second-order valence-corrected chi connectivity index (χ2v) is 7.08. The zero-order chi connectivity index (χ0) is 15.1. The topological polar surface area (TPSA) is 49.4 Å². The maximum absolute atomic E-state index is 12.8. The minimum absolute atomic E-state index is 0.0432. The zero-order valence-corrected chi connectivity index (χ0v) is 13.4. The monoisotopic (exact) mass is 280 g/mol. The molecule has 0 aromatic rings. The van der Waals surface area contributed by atoms with E-state index in [9.17, 15) is 9.59 Å². The third kappa shape index (κ3) is 2.45. The van der Waals surface area contributed by atoms with E-state index in [1.54, 1.807) is 0 Å². The van der Waals surface area contributed by atoms with Crippen molar-refractivity contribution in [3.05, 3.63) is 0 Å². The van der Waals surface area contributed by atoms with Gasteiger partial charge in [0.15, 0.2) is 0 Å². The van der Waals surface area contributed by atoms with Crippen molar-refractivity contribution in [2.45, 2.75) is 65.5 Å². The second-order valence-electron chi connectivity index (χ2n) is 7.08. The summed E-state index contributed by atoms with van der Waals surface area (Å²) in [5.74, 6) is 1.05. The van der Waals surface area contributed by atoms with E-state index in [0.29, 0.717) is 18.4 Å². The highest BCUT2D eigenvalue weighted by Crippen LogP contribution is 2.45. The lowest BCUT2D eigenvalue weighted by molar-refractivity contribution is -0.160. The van der Waals surface area contributed by atoms with Gasteiger partial charge in [0.05, 0.1) is 0 Å². The number of rotatable bonds is 5. The van der Waals surface area contributed by atoms with E-state index in [0.717, 1.165) is 19.3 Å². The molecule has 2 amide bonds. The third-order valence-corrected chi connectivity index (χ3v) is 5.07. The van der Waals surface area contributed by atoms with E-state index in [2.05, 4.69) is 19.2 Å². The van der Waals surface area contributed by atoms with Gasteiger partial charge in [-0.15, -0.1) is 0 Å². The number of nitrogens with one attached hydrogen (secondary N) is 1. The van der Waals surface area contributed by atoms with Crippen molar-refractivity contribution < 1.29 is 9.59 Å². The van der Waals surface area contributed by atoms with Gasteiger partial charge >= 0.3 is 0 Å². The van der Waals surface area contributed by atoms with Crippen molar-refractivity contribution >= 4 is 11.8 Å². The van der Waals surface area contributed by atoms with E-state index < -0.39 is 5.54 Å². The van der Waals surface area contributed by atoms with E-state index in [4.69, 9.17) is 0 Å². The number of hydrogen-bond acceptors (Lipinski definition) is 2. The van der Waals surface area contributed by atoms with Crippen molar-refractivity contribution in [2.24, 2.45) is 17.8 Å². The Kier molecular flexibility index (Phi) is 4.12. The molecular formula is C16H28N2O2. The lowest BCUT2D eigenvalue weighted by Gasteiger charge is -2.48. The highest BCUT2D eigenvalue weighted by atomic mass is 16.2. The van der Waals surface area contributed by atoms with Crippen molar-refractivity contribution in [3.8, 4) is 0 Å². The van der Waals surface area contributed by atoms with E-state index in [1.807, 2.05) is 25.7 Å². The Bertz CT molecular complexity index is 403. The maximum Gasteiger partial charge on any atom is 0.246 e. The molecule has 20 heavy (non-hydrogen) atoms. The van der Waals surface area contributed by atoms with Crippen LogP contribution in [0.15, 0.2) is 0 Å². The summed E-state index contributed by atoms with van der Waals surface area (Å²) in [7, 11) is 0. The van der Waals surface area contributed by atoms with Crippen LogP contribution in [0.25, 0.3) is 0 Å². The fourth-order valence-corrected chi connectivity index (χ4v) is 3.09. The first-order valence-corrected chi connectivity index (χ1v) is 7.94. The predicted molar refractivity (Wildman–Crippen MR) is 79.1 cm³/mol. The summed E-state index contributed by atoms with van der Waals surface area (Å²) >= 11 is 0. The molecule has 0 radical (unpaired) electrons. The Morgan fingerprint density at radius 3 is 2.35 bits per heavy atom. The minimum Gasteiger partial charge on any atom is -0.342 e. The molecular weight excluding hydrogens is 252 g/mol. The molecule has 2 aliphatic rings. The van der Waals surface area contributed by atoms with Crippen LogP contribution in [0, 0.1) is 17.8 Å². The fraction of sp³-hybridized carbons (Fsp3) is 0.875. The zero-order valence-electron chi connectivity index (χ0n) is 13.4. The van der Waals surface area contributed by atoms with Crippen LogP contribution >= 0.6 is 0 Å². The first-order valence-electron chi connectivity index (χ1n) is 7.94. The number of amides is 2. The molecule has 0 spiro atoms. The highest BCUT2D eigenvalue weighted by Gasteiger charge is 2.57. The highest BCUT2D eigenvalue weighted by molar-refractivity contribution is 6.00. The molecule has 1 saturated carbocycles. The summed E-state index contributed by atoms with van der Waals surface area (Å²) in [6.07, 6.45) is 3.14. The summed E-state index contributed by atoms with van der Waals surface area (Å²) < 4.78 is 0. The molecule has 1 heterocycles. The van der Waals surface area contributed by atoms with Gasteiger partial charge < -0.3 is 10.2 Å². The summed E-state index contributed by atoms with van der Waals surface area (Å²) in [6.45, 7) is 10.9. The van der Waals surface area contributed by atoms with Crippen molar-refractivity contribution in [1.82, 2.24) is 10.2 Å². The molecule has 114 valence electrons. The van der Waals surface area contributed by atoms with Crippen LogP contribution in [0.1, 0.15) is 53.9 Å². The number of piperazine rings is 1. The Hall–Kier alpha value is -1.06. The second kappa shape index (κ2) is 5.38. The SMILES string of the molecule is CCC(C)CN1C(=O)C(C(C)C)NC(=O)C1(C)C1CC1. The molecule has 3 atom stereocenters. The normalized spacial score (nSPS) is 32.5. The largest absolute Gasteiger partial charge is 0.342 e. The molecule has 0 aromatic heterocycles. The van der Waals surface area contributed by atoms with Crippen LogP contribution in [0.3, 0.4) is 0 Å². The lowest BCUT2D eigenvalue weighted by atomic mass is 9.85. The van der Waals surface area contributed by atoms with Gasteiger partial charge in [-0.3, -0.25) is 9.59 Å². The summed E-state index contributed by atoms with van der Waals surface area (Å²) in [6, 6.07) is -0.363. The minimum atomic E-state index is -0.633. The molecule has 0 aromatic carbocycles. The summed E-state index contributed by atoms with van der Waals surface area (Å²) in [4.78, 5) is 27.3. The quantitative estimate of drug-likeness (QED) is 0.839. The van der Waals surface area contributed by atoms with Gasteiger partial charge in [0, 0.05) is 6.54 Å². The van der Waals surface area contributed by atoms with Gasteiger partial charge in [-0.2, -0.15) is 0 Å². The van der Waals surface area contributed by atoms with Crippen molar-refractivity contribution in [3.63, 3.8) is 0 Å². The maximum atomic E-state index is 12.8. The van der Waals surface area contributed by atoms with E-state index in [1.165, 1.54) is 0 Å². The average molecular weight is 280 g/mol. The molecule has 2 rings (SSSR count). The molecule has 1 saturated heterocycles. The standard InChI is InChI=1S/C16H28N2O2/c1-6-11(4)9-18-14(19)13(10(2)3)17-15(20)16(18,5)12-7-8-12/h10-13H,6-9H2,1-5H3,(H,17,20). The average Bonchev–Trinajstić information content (AvgIpc) is 3.22. The van der Waals surface area contributed by atoms with Gasteiger partial charge in [0.1, 0.15) is 11.6 Å². The van der Waals surface area contributed by atoms with Crippen LogP contribution < -0.4 is 5.32 Å². The number of hydrogen-bond donors (Lipinski definition) is 1. The molecule has 2 fully saturated rings. The number of carbonyl (C=O) groups excluding carboxylic acids is 2. The van der Waals surface area contributed by atoms with Crippen molar-refractivity contribution in [2.75, 3.05) is 6.54 Å². The Morgan fingerprint density at radius 2 is 1.90 bits per heavy atom. The van der Waals surface area contributed by atoms with Crippen LogP contribution in [0.4, 0.5) is 0 Å². The van der Waals surface area contributed by atoms with Crippen molar-refractivity contribution in [1.29, 1.82) is 0 Å². The Balaban J connectivity index is 2.30. The first kappa shape index (κ1) is 15.3. The predicted octanol–water partition coefficient (Wildman–Crippen LogP) is 2.18. The summed E-state index contributed by atoms with van der Waals surface area (Å²) in [5.41, 5.74) is -0.633. The van der Waals surface area contributed by atoms with E-state index >= 15 is 0 Å². The molecule has 3 unspecified atom stereocenters. The van der Waals surface area contributed by atoms with Crippen LogP contribution in [-0.2, 0) is 9.59 Å². The van der Waals surface area contributed by atoms with E-state index in [-0.39, 0.29) is 23.8 Å². The molecule has 0 bridgehead atoms.